The smallest absolute Gasteiger partial charge is 0.234 e. The zero-order valence-electron chi connectivity index (χ0n) is 10.5. The highest BCUT2D eigenvalue weighted by atomic mass is 32.2. The Hall–Kier alpha value is -1.82. The molecular weight excluding hydrogens is 260 g/mol. The molecule has 2 aromatic rings. The number of aromatic amines is 1. The van der Waals surface area contributed by atoms with Crippen LogP contribution in [0.2, 0.25) is 0 Å². The summed E-state index contributed by atoms with van der Waals surface area (Å²) in [4.78, 5) is 17.5. The molecule has 1 amide bonds. The van der Waals surface area contributed by atoms with Crippen LogP contribution in [-0.4, -0.2) is 26.3 Å². The summed E-state index contributed by atoms with van der Waals surface area (Å²) in [7, 11) is 0. The first-order valence-electron chi connectivity index (χ1n) is 6.14. The van der Waals surface area contributed by atoms with Gasteiger partial charge in [0.05, 0.1) is 11.3 Å². The van der Waals surface area contributed by atoms with Gasteiger partial charge in [0, 0.05) is 4.90 Å². The van der Waals surface area contributed by atoms with Crippen LogP contribution < -0.4 is 5.32 Å². The predicted molar refractivity (Wildman–Crippen MR) is 72.7 cm³/mol. The van der Waals surface area contributed by atoms with Crippen LogP contribution in [0.15, 0.2) is 35.5 Å². The quantitative estimate of drug-likeness (QED) is 0.893. The van der Waals surface area contributed by atoms with Crippen molar-refractivity contribution in [3.05, 3.63) is 42.0 Å². The van der Waals surface area contributed by atoms with Gasteiger partial charge in [-0.25, -0.2) is 4.98 Å². The van der Waals surface area contributed by atoms with E-state index in [1.165, 1.54) is 16.8 Å². The van der Waals surface area contributed by atoms with Crippen LogP contribution in [0.3, 0.4) is 0 Å². The summed E-state index contributed by atoms with van der Waals surface area (Å²) in [6.45, 7) is 1.89. The molecule has 0 fully saturated rings. The summed E-state index contributed by atoms with van der Waals surface area (Å²) < 4.78 is 0. The van der Waals surface area contributed by atoms with Gasteiger partial charge in [0.15, 0.2) is 0 Å². The van der Waals surface area contributed by atoms with E-state index in [-0.39, 0.29) is 17.2 Å². The molecule has 5 nitrogen and oxygen atoms in total. The van der Waals surface area contributed by atoms with E-state index >= 15 is 0 Å². The lowest BCUT2D eigenvalue weighted by atomic mass is 10.1. The van der Waals surface area contributed by atoms with E-state index in [0.29, 0.717) is 5.82 Å². The minimum Gasteiger partial charge on any atom is -0.345 e. The fraction of sp³-hybridized carbons (Fsp3) is 0.308. The summed E-state index contributed by atoms with van der Waals surface area (Å²) in [5.74, 6) is 0.721. The van der Waals surface area contributed by atoms with Crippen molar-refractivity contribution >= 4 is 17.7 Å². The summed E-state index contributed by atoms with van der Waals surface area (Å²) in [5.41, 5.74) is 1.25. The molecule has 2 atom stereocenters. The van der Waals surface area contributed by atoms with E-state index in [2.05, 4.69) is 32.6 Å². The van der Waals surface area contributed by atoms with Crippen molar-refractivity contribution in [2.45, 2.75) is 29.5 Å². The summed E-state index contributed by atoms with van der Waals surface area (Å²) in [6, 6.07) is 8.00. The number of benzene rings is 1. The van der Waals surface area contributed by atoms with Crippen molar-refractivity contribution in [2.75, 3.05) is 0 Å². The number of aromatic nitrogens is 3. The molecule has 2 heterocycles. The first kappa shape index (κ1) is 12.2. The molecule has 0 radical (unpaired) electrons. The van der Waals surface area contributed by atoms with Crippen LogP contribution >= 0.6 is 11.8 Å². The van der Waals surface area contributed by atoms with Gasteiger partial charge in [0.2, 0.25) is 5.91 Å². The standard InChI is InChI=1S/C13H14N4OS/c1-8(12-14-7-15-17-12)16-13(18)11-6-9-4-2-3-5-10(9)19-11/h2-5,7-8,11H,6H2,1H3,(H,16,18)(H,14,15,17). The Morgan fingerprint density at radius 3 is 3.11 bits per heavy atom. The van der Waals surface area contributed by atoms with Gasteiger partial charge in [0.25, 0.3) is 0 Å². The monoisotopic (exact) mass is 274 g/mol. The first-order valence-corrected chi connectivity index (χ1v) is 7.02. The van der Waals surface area contributed by atoms with E-state index in [1.807, 2.05) is 19.1 Å². The topological polar surface area (TPSA) is 70.7 Å². The van der Waals surface area contributed by atoms with Crippen LogP contribution in [-0.2, 0) is 11.2 Å². The second-order valence-corrected chi connectivity index (χ2v) is 5.76. The SMILES string of the molecule is CC(NC(=O)C1Cc2ccccc2S1)c1ncn[nH]1. The van der Waals surface area contributed by atoms with Crippen LogP contribution in [0, 0.1) is 0 Å². The van der Waals surface area contributed by atoms with Gasteiger partial charge in [0.1, 0.15) is 12.2 Å². The minimum absolute atomic E-state index is 0.0464. The summed E-state index contributed by atoms with van der Waals surface area (Å²) >= 11 is 1.63. The van der Waals surface area contributed by atoms with Crippen LogP contribution in [0.25, 0.3) is 0 Å². The first-order chi connectivity index (χ1) is 9.24. The number of fused-ring (bicyclic) bond motifs is 1. The van der Waals surface area contributed by atoms with E-state index in [1.54, 1.807) is 11.8 Å². The van der Waals surface area contributed by atoms with Gasteiger partial charge in [-0.05, 0) is 25.0 Å². The van der Waals surface area contributed by atoms with Crippen molar-refractivity contribution in [1.82, 2.24) is 20.5 Å². The second-order valence-electron chi connectivity index (χ2n) is 4.52. The number of rotatable bonds is 3. The van der Waals surface area contributed by atoms with Gasteiger partial charge < -0.3 is 5.32 Å². The molecule has 0 bridgehead atoms. The molecule has 3 rings (SSSR count). The number of carbonyl (C=O) groups excluding carboxylic acids is 1. The molecule has 1 aromatic heterocycles. The number of nitrogens with zero attached hydrogens (tertiary/aromatic N) is 2. The maximum atomic E-state index is 12.2. The molecule has 1 aliphatic heterocycles. The molecule has 2 unspecified atom stereocenters. The van der Waals surface area contributed by atoms with Crippen molar-refractivity contribution in [1.29, 1.82) is 0 Å². The molecule has 0 saturated carbocycles. The Morgan fingerprint density at radius 2 is 2.37 bits per heavy atom. The average molecular weight is 274 g/mol. The Balaban J connectivity index is 1.64. The van der Waals surface area contributed by atoms with E-state index in [0.717, 1.165) is 6.42 Å². The molecule has 1 aliphatic rings. The van der Waals surface area contributed by atoms with E-state index in [4.69, 9.17) is 0 Å². The van der Waals surface area contributed by atoms with Gasteiger partial charge >= 0.3 is 0 Å². The van der Waals surface area contributed by atoms with Crippen molar-refractivity contribution < 1.29 is 4.79 Å². The lowest BCUT2D eigenvalue weighted by Gasteiger charge is -2.14. The number of hydrogen-bond acceptors (Lipinski definition) is 4. The van der Waals surface area contributed by atoms with Gasteiger partial charge in [-0.2, -0.15) is 5.10 Å². The molecule has 0 aliphatic carbocycles. The second kappa shape index (κ2) is 5.05. The van der Waals surface area contributed by atoms with Crippen molar-refractivity contribution in [3.8, 4) is 0 Å². The van der Waals surface area contributed by atoms with Gasteiger partial charge in [-0.15, -0.1) is 11.8 Å². The lowest BCUT2D eigenvalue weighted by Crippen LogP contribution is -2.34. The number of amides is 1. The van der Waals surface area contributed by atoms with Gasteiger partial charge in [-0.1, -0.05) is 18.2 Å². The Morgan fingerprint density at radius 1 is 1.53 bits per heavy atom. The molecule has 6 heteroatoms. The normalized spacial score (nSPS) is 18.9. The molecule has 1 aromatic carbocycles. The number of nitrogens with one attached hydrogen (secondary N) is 2. The third kappa shape index (κ3) is 2.49. The predicted octanol–water partition coefficient (Wildman–Crippen LogP) is 1.70. The molecular formula is C13H14N4OS. The summed E-state index contributed by atoms with van der Waals surface area (Å²) in [6.07, 6.45) is 2.23. The third-order valence-electron chi connectivity index (χ3n) is 3.14. The Bertz CT molecular complexity index is 559. The Kier molecular flexibility index (Phi) is 3.25. The largest absolute Gasteiger partial charge is 0.345 e. The third-order valence-corrected chi connectivity index (χ3v) is 4.46. The van der Waals surface area contributed by atoms with Crippen LogP contribution in [0.1, 0.15) is 24.4 Å². The number of carbonyl (C=O) groups is 1. The molecule has 0 spiro atoms. The van der Waals surface area contributed by atoms with Gasteiger partial charge in [-0.3, -0.25) is 9.89 Å². The summed E-state index contributed by atoms with van der Waals surface area (Å²) in [5, 5.41) is 9.47. The van der Waals surface area contributed by atoms with Crippen molar-refractivity contribution in [2.24, 2.45) is 0 Å². The van der Waals surface area contributed by atoms with E-state index < -0.39 is 0 Å². The van der Waals surface area contributed by atoms with Crippen LogP contribution in [0.4, 0.5) is 0 Å². The van der Waals surface area contributed by atoms with E-state index in [9.17, 15) is 4.79 Å². The molecule has 0 saturated heterocycles. The molecule has 19 heavy (non-hydrogen) atoms. The maximum Gasteiger partial charge on any atom is 0.234 e. The zero-order valence-corrected chi connectivity index (χ0v) is 11.3. The number of thioether (sulfide) groups is 1. The molecule has 2 N–H and O–H groups in total. The van der Waals surface area contributed by atoms with Crippen molar-refractivity contribution in [3.63, 3.8) is 0 Å². The highest BCUT2D eigenvalue weighted by Gasteiger charge is 2.29. The highest BCUT2D eigenvalue weighted by molar-refractivity contribution is 8.01. The fourth-order valence-electron chi connectivity index (χ4n) is 2.13. The maximum absolute atomic E-state index is 12.2. The lowest BCUT2D eigenvalue weighted by molar-refractivity contribution is -0.121. The number of H-pyrrole nitrogens is 1. The Labute approximate surface area is 115 Å². The highest BCUT2D eigenvalue weighted by Crippen LogP contribution is 2.36. The zero-order chi connectivity index (χ0) is 13.2. The molecule has 98 valence electrons. The minimum atomic E-state index is -0.153. The fourth-order valence-corrected chi connectivity index (χ4v) is 3.33. The van der Waals surface area contributed by atoms with Crippen LogP contribution in [0.5, 0.6) is 0 Å². The number of hydrogen-bond donors (Lipinski definition) is 2. The average Bonchev–Trinajstić information content (AvgIpc) is 3.07.